The zero-order valence-corrected chi connectivity index (χ0v) is 9.04. The van der Waals surface area contributed by atoms with Gasteiger partial charge in [-0.15, -0.1) is 0 Å². The summed E-state index contributed by atoms with van der Waals surface area (Å²) < 4.78 is 4.94. The molecule has 0 spiro atoms. The van der Waals surface area contributed by atoms with Crippen molar-refractivity contribution in [1.29, 1.82) is 0 Å². The number of fused-ring (bicyclic) bond motifs is 1. The van der Waals surface area contributed by atoms with E-state index in [1.54, 1.807) is 24.3 Å². The van der Waals surface area contributed by atoms with Gasteiger partial charge in [0.05, 0.1) is 17.4 Å². The fraction of sp³-hybridized carbons (Fsp3) is 0. The van der Waals surface area contributed by atoms with Gasteiger partial charge in [0.2, 0.25) is 0 Å². The van der Waals surface area contributed by atoms with Crippen molar-refractivity contribution >= 4 is 16.9 Å². The molecule has 6 nitrogen and oxygen atoms in total. The van der Waals surface area contributed by atoms with Gasteiger partial charge in [-0.25, -0.2) is 4.79 Å². The van der Waals surface area contributed by atoms with Crippen molar-refractivity contribution < 1.29 is 19.5 Å². The van der Waals surface area contributed by atoms with Crippen LogP contribution in [0.3, 0.4) is 0 Å². The van der Waals surface area contributed by atoms with E-state index in [0.717, 1.165) is 11.6 Å². The van der Waals surface area contributed by atoms with E-state index in [9.17, 15) is 9.90 Å². The van der Waals surface area contributed by atoms with Crippen LogP contribution in [0.1, 0.15) is 10.4 Å². The Kier molecular flexibility index (Phi) is 2.09. The lowest BCUT2D eigenvalue weighted by Crippen LogP contribution is -1.95. The lowest BCUT2D eigenvalue weighted by Gasteiger charge is -1.93. The molecule has 0 aliphatic carbocycles. The summed E-state index contributed by atoms with van der Waals surface area (Å²) in [4.78, 5) is 13.9. The third kappa shape index (κ3) is 1.43. The van der Waals surface area contributed by atoms with Gasteiger partial charge in [-0.1, -0.05) is 17.3 Å². The Morgan fingerprint density at radius 3 is 2.94 bits per heavy atom. The summed E-state index contributed by atoms with van der Waals surface area (Å²) >= 11 is 0. The number of aromatic amines is 1. The average Bonchev–Trinajstić information content (AvgIpc) is 2.95. The highest BCUT2D eigenvalue weighted by molar-refractivity contribution is 5.96. The second-order valence-corrected chi connectivity index (χ2v) is 3.80. The minimum Gasteiger partial charge on any atom is -0.506 e. The average molecular weight is 244 g/mol. The highest BCUT2D eigenvalue weighted by Gasteiger charge is 2.19. The summed E-state index contributed by atoms with van der Waals surface area (Å²) in [6, 6.07) is 6.74. The molecule has 1 aromatic carbocycles. The van der Waals surface area contributed by atoms with Crippen molar-refractivity contribution in [2.75, 3.05) is 0 Å². The molecule has 0 aliphatic rings. The largest absolute Gasteiger partial charge is 0.506 e. The number of carboxylic acid groups (broad SMARTS) is 1. The molecule has 0 fully saturated rings. The van der Waals surface area contributed by atoms with Crippen LogP contribution in [-0.4, -0.2) is 26.3 Å². The number of aromatic nitrogens is 2. The molecule has 18 heavy (non-hydrogen) atoms. The van der Waals surface area contributed by atoms with Gasteiger partial charge in [-0.05, 0) is 12.1 Å². The molecule has 0 aliphatic heterocycles. The number of H-pyrrole nitrogens is 1. The van der Waals surface area contributed by atoms with E-state index in [1.807, 2.05) is 0 Å². The highest BCUT2D eigenvalue weighted by atomic mass is 16.5. The second-order valence-electron chi connectivity index (χ2n) is 3.80. The summed E-state index contributed by atoms with van der Waals surface area (Å²) in [5.41, 5.74) is 0.961. The number of carbonyl (C=O) groups is 1. The van der Waals surface area contributed by atoms with Crippen LogP contribution in [0, 0.1) is 0 Å². The third-order valence-electron chi connectivity index (χ3n) is 2.68. The molecule has 0 unspecified atom stereocenters. The minimum absolute atomic E-state index is 0.0268. The molecule has 0 atom stereocenters. The van der Waals surface area contributed by atoms with Gasteiger partial charge < -0.3 is 19.7 Å². The molecule has 90 valence electrons. The lowest BCUT2D eigenvalue weighted by molar-refractivity contribution is 0.0697. The molecule has 0 saturated heterocycles. The Morgan fingerprint density at radius 2 is 2.22 bits per heavy atom. The molecule has 6 heteroatoms. The van der Waals surface area contributed by atoms with Crippen molar-refractivity contribution in [3.63, 3.8) is 0 Å². The Hall–Kier alpha value is -2.76. The van der Waals surface area contributed by atoms with Crippen LogP contribution in [0.15, 0.2) is 35.0 Å². The SMILES string of the molecule is O=C(O)c1cnoc1-c1cc2cccc(O)c2[nH]1. The first-order chi connectivity index (χ1) is 8.66. The van der Waals surface area contributed by atoms with Crippen LogP contribution in [-0.2, 0) is 0 Å². The molecule has 0 saturated carbocycles. The molecule has 3 aromatic rings. The first-order valence-corrected chi connectivity index (χ1v) is 5.16. The van der Waals surface area contributed by atoms with Crippen LogP contribution in [0.5, 0.6) is 5.75 Å². The number of aromatic hydroxyl groups is 1. The van der Waals surface area contributed by atoms with Crippen LogP contribution in [0.2, 0.25) is 0 Å². The quantitative estimate of drug-likeness (QED) is 0.641. The van der Waals surface area contributed by atoms with Gasteiger partial charge in [-0.2, -0.15) is 0 Å². The van der Waals surface area contributed by atoms with E-state index in [0.29, 0.717) is 11.2 Å². The van der Waals surface area contributed by atoms with E-state index in [2.05, 4.69) is 10.1 Å². The Labute approximate surface area is 100 Å². The number of nitrogens with one attached hydrogen (secondary N) is 1. The van der Waals surface area contributed by atoms with Gasteiger partial charge >= 0.3 is 5.97 Å². The van der Waals surface area contributed by atoms with Crippen molar-refractivity contribution in [3.8, 4) is 17.2 Å². The number of hydrogen-bond donors (Lipinski definition) is 3. The number of phenolic OH excluding ortho intramolecular Hbond substituents is 1. The van der Waals surface area contributed by atoms with Gasteiger partial charge in [0, 0.05) is 5.39 Å². The molecular weight excluding hydrogens is 236 g/mol. The molecule has 3 N–H and O–H groups in total. The summed E-state index contributed by atoms with van der Waals surface area (Å²) in [5, 5.41) is 22.9. The number of benzene rings is 1. The third-order valence-corrected chi connectivity index (χ3v) is 2.68. The predicted octanol–water partition coefficient (Wildman–Crippen LogP) is 2.23. The van der Waals surface area contributed by atoms with Crippen LogP contribution >= 0.6 is 0 Å². The maximum Gasteiger partial charge on any atom is 0.341 e. The fourth-order valence-corrected chi connectivity index (χ4v) is 1.85. The van der Waals surface area contributed by atoms with E-state index in [1.165, 1.54) is 0 Å². The zero-order valence-electron chi connectivity index (χ0n) is 9.04. The number of hydrogen-bond acceptors (Lipinski definition) is 4. The number of nitrogens with zero attached hydrogens (tertiary/aromatic N) is 1. The molecule has 2 aromatic heterocycles. The number of rotatable bonds is 2. The van der Waals surface area contributed by atoms with E-state index in [4.69, 9.17) is 9.63 Å². The van der Waals surface area contributed by atoms with Crippen molar-refractivity contribution in [2.24, 2.45) is 0 Å². The van der Waals surface area contributed by atoms with Crippen LogP contribution in [0.4, 0.5) is 0 Å². The molecule has 2 heterocycles. The van der Waals surface area contributed by atoms with Crippen molar-refractivity contribution in [1.82, 2.24) is 10.1 Å². The Balaban J connectivity index is 2.23. The zero-order chi connectivity index (χ0) is 12.7. The van der Waals surface area contributed by atoms with Gasteiger partial charge in [0.25, 0.3) is 0 Å². The second kappa shape index (κ2) is 3.63. The molecule has 0 amide bonds. The van der Waals surface area contributed by atoms with Gasteiger partial charge in [0.1, 0.15) is 11.3 Å². The maximum absolute atomic E-state index is 11.0. The predicted molar refractivity (Wildman–Crippen MR) is 62.4 cm³/mol. The normalized spacial score (nSPS) is 10.9. The fourth-order valence-electron chi connectivity index (χ4n) is 1.85. The van der Waals surface area contributed by atoms with E-state index < -0.39 is 5.97 Å². The monoisotopic (exact) mass is 244 g/mol. The van der Waals surface area contributed by atoms with Crippen LogP contribution in [0.25, 0.3) is 22.4 Å². The molecule has 0 bridgehead atoms. The Morgan fingerprint density at radius 1 is 1.39 bits per heavy atom. The first-order valence-electron chi connectivity index (χ1n) is 5.16. The standard InChI is InChI=1S/C12H8N2O4/c15-9-3-1-2-6-4-8(14-10(6)9)11-7(12(16)17)5-13-18-11/h1-5,14-15H,(H,16,17). The molecule has 3 rings (SSSR count). The summed E-state index contributed by atoms with van der Waals surface area (Å²) in [6.45, 7) is 0. The summed E-state index contributed by atoms with van der Waals surface area (Å²) in [5.74, 6) is -0.887. The summed E-state index contributed by atoms with van der Waals surface area (Å²) in [7, 11) is 0. The van der Waals surface area contributed by atoms with Crippen molar-refractivity contribution in [3.05, 3.63) is 36.0 Å². The molecular formula is C12H8N2O4. The topological polar surface area (TPSA) is 99.3 Å². The smallest absolute Gasteiger partial charge is 0.341 e. The van der Waals surface area contributed by atoms with Gasteiger partial charge in [0.15, 0.2) is 5.76 Å². The highest BCUT2D eigenvalue weighted by Crippen LogP contribution is 2.30. The minimum atomic E-state index is -1.12. The summed E-state index contributed by atoms with van der Waals surface area (Å²) in [6.07, 6.45) is 1.14. The number of phenols is 1. The molecule has 0 radical (unpaired) electrons. The number of aromatic carboxylic acids is 1. The number of carboxylic acids is 1. The maximum atomic E-state index is 11.0. The number of para-hydroxylation sites is 1. The first kappa shape index (κ1) is 10.4. The van der Waals surface area contributed by atoms with E-state index in [-0.39, 0.29) is 17.1 Å². The Bertz CT molecular complexity index is 741. The van der Waals surface area contributed by atoms with Crippen molar-refractivity contribution in [2.45, 2.75) is 0 Å². The lowest BCUT2D eigenvalue weighted by atomic mass is 10.2. The van der Waals surface area contributed by atoms with Gasteiger partial charge in [-0.3, -0.25) is 0 Å². The van der Waals surface area contributed by atoms with Crippen LogP contribution < -0.4 is 0 Å². The van der Waals surface area contributed by atoms with E-state index >= 15 is 0 Å².